The second kappa shape index (κ2) is 6.38. The van der Waals surface area contributed by atoms with Gasteiger partial charge in [0.25, 0.3) is 0 Å². The summed E-state index contributed by atoms with van der Waals surface area (Å²) in [5.41, 5.74) is 3.87. The van der Waals surface area contributed by atoms with Crippen molar-refractivity contribution in [2.24, 2.45) is 5.10 Å². The van der Waals surface area contributed by atoms with E-state index < -0.39 is 0 Å². The largest absolute Gasteiger partial charge is 0.508 e. The van der Waals surface area contributed by atoms with Crippen LogP contribution in [0.15, 0.2) is 53.6 Å². The maximum Gasteiger partial charge on any atom is 0.244 e. The van der Waals surface area contributed by atoms with Gasteiger partial charge in [-0.3, -0.25) is 4.79 Å². The third kappa shape index (κ3) is 4.13. The van der Waals surface area contributed by atoms with E-state index in [1.54, 1.807) is 30.3 Å². The number of benzene rings is 2. The van der Waals surface area contributed by atoms with E-state index in [1.165, 1.54) is 24.4 Å². The number of phenolic OH excluding ortho intramolecular Hbond substituents is 2. The van der Waals surface area contributed by atoms with E-state index in [2.05, 4.69) is 10.5 Å². The fourth-order valence-electron chi connectivity index (χ4n) is 1.63. The monoisotopic (exact) mass is 270 g/mol. The highest BCUT2D eigenvalue weighted by atomic mass is 16.3. The Hall–Kier alpha value is -2.82. The molecular weight excluding hydrogens is 256 g/mol. The summed E-state index contributed by atoms with van der Waals surface area (Å²) >= 11 is 0. The summed E-state index contributed by atoms with van der Waals surface area (Å²) in [6.45, 7) is 0. The highest BCUT2D eigenvalue weighted by Crippen LogP contribution is 2.11. The van der Waals surface area contributed by atoms with Crippen molar-refractivity contribution >= 4 is 12.1 Å². The van der Waals surface area contributed by atoms with Crippen molar-refractivity contribution in [3.05, 3.63) is 59.7 Å². The number of amides is 1. The summed E-state index contributed by atoms with van der Waals surface area (Å²) in [6, 6.07) is 12.9. The van der Waals surface area contributed by atoms with Gasteiger partial charge < -0.3 is 10.2 Å². The van der Waals surface area contributed by atoms with Crippen molar-refractivity contribution in [1.29, 1.82) is 0 Å². The lowest BCUT2D eigenvalue weighted by Crippen LogP contribution is -2.19. The van der Waals surface area contributed by atoms with Crippen LogP contribution >= 0.6 is 0 Å². The molecule has 0 aromatic heterocycles. The molecule has 5 nitrogen and oxygen atoms in total. The summed E-state index contributed by atoms with van der Waals surface area (Å²) in [6.07, 6.45) is 1.63. The maximum atomic E-state index is 11.6. The van der Waals surface area contributed by atoms with Crippen LogP contribution in [-0.4, -0.2) is 22.3 Å². The van der Waals surface area contributed by atoms with Gasteiger partial charge in [0, 0.05) is 0 Å². The van der Waals surface area contributed by atoms with E-state index in [9.17, 15) is 9.90 Å². The Kier molecular flexibility index (Phi) is 4.34. The van der Waals surface area contributed by atoms with Crippen molar-refractivity contribution in [2.45, 2.75) is 6.42 Å². The van der Waals surface area contributed by atoms with Gasteiger partial charge in [0.1, 0.15) is 11.5 Å². The summed E-state index contributed by atoms with van der Waals surface area (Å²) in [7, 11) is 0. The average Bonchev–Trinajstić information content (AvgIpc) is 2.41. The topological polar surface area (TPSA) is 81.9 Å². The summed E-state index contributed by atoms with van der Waals surface area (Å²) in [4.78, 5) is 11.6. The van der Waals surface area contributed by atoms with Crippen LogP contribution in [0.25, 0.3) is 0 Å². The minimum absolute atomic E-state index is 0.128. The predicted octanol–water partition coefficient (Wildman–Crippen LogP) is 1.79. The molecule has 0 radical (unpaired) electrons. The number of phenols is 2. The lowest BCUT2D eigenvalue weighted by atomic mass is 10.1. The molecule has 0 fully saturated rings. The molecule has 2 aromatic rings. The van der Waals surface area contributed by atoms with Gasteiger partial charge in [-0.2, -0.15) is 5.10 Å². The summed E-state index contributed by atoms with van der Waals surface area (Å²) in [5.74, 6) is 0.0311. The molecule has 5 heteroatoms. The van der Waals surface area contributed by atoms with Crippen molar-refractivity contribution in [3.63, 3.8) is 0 Å². The van der Waals surface area contributed by atoms with Gasteiger partial charge in [-0.25, -0.2) is 5.43 Å². The standard InChI is InChI=1S/C15H14N2O3/c18-13-6-4-11(5-7-13)10-16-17-15(20)9-12-2-1-3-14(19)8-12/h1-8,10,18-19H,9H2,(H,17,20). The van der Waals surface area contributed by atoms with Crippen LogP contribution in [0.1, 0.15) is 11.1 Å². The van der Waals surface area contributed by atoms with E-state index in [4.69, 9.17) is 5.11 Å². The Balaban J connectivity index is 1.87. The molecular formula is C15H14N2O3. The third-order valence-corrected chi connectivity index (χ3v) is 2.57. The molecule has 0 aliphatic carbocycles. The van der Waals surface area contributed by atoms with Gasteiger partial charge >= 0.3 is 0 Å². The number of rotatable bonds is 4. The Morgan fingerprint density at radius 3 is 2.55 bits per heavy atom. The first-order valence-electron chi connectivity index (χ1n) is 6.02. The molecule has 0 bridgehead atoms. The lowest BCUT2D eigenvalue weighted by molar-refractivity contribution is -0.120. The number of hydrazone groups is 1. The fraction of sp³-hybridized carbons (Fsp3) is 0.0667. The Bertz CT molecular complexity index is 621. The first-order valence-corrected chi connectivity index (χ1v) is 6.02. The summed E-state index contributed by atoms with van der Waals surface area (Å²) in [5, 5.41) is 22.2. The predicted molar refractivity (Wildman–Crippen MR) is 75.7 cm³/mol. The minimum atomic E-state index is -0.273. The zero-order valence-electron chi connectivity index (χ0n) is 10.7. The van der Waals surface area contributed by atoms with Crippen LogP contribution in [0.4, 0.5) is 0 Å². The van der Waals surface area contributed by atoms with E-state index in [0.717, 1.165) is 5.56 Å². The van der Waals surface area contributed by atoms with Crippen LogP contribution < -0.4 is 5.43 Å². The van der Waals surface area contributed by atoms with Crippen molar-refractivity contribution in [1.82, 2.24) is 5.43 Å². The average molecular weight is 270 g/mol. The van der Waals surface area contributed by atoms with Crippen LogP contribution in [0.5, 0.6) is 11.5 Å². The van der Waals surface area contributed by atoms with Crippen molar-refractivity contribution < 1.29 is 15.0 Å². The Morgan fingerprint density at radius 2 is 1.85 bits per heavy atom. The van der Waals surface area contributed by atoms with Gasteiger partial charge in [0.15, 0.2) is 0 Å². The van der Waals surface area contributed by atoms with Crippen LogP contribution in [-0.2, 0) is 11.2 Å². The van der Waals surface area contributed by atoms with Gasteiger partial charge in [0.2, 0.25) is 5.91 Å². The highest BCUT2D eigenvalue weighted by Gasteiger charge is 2.02. The van der Waals surface area contributed by atoms with Gasteiger partial charge in [-0.05, 0) is 47.5 Å². The Morgan fingerprint density at radius 1 is 1.10 bits per heavy atom. The number of hydrogen-bond donors (Lipinski definition) is 3. The minimum Gasteiger partial charge on any atom is -0.508 e. The van der Waals surface area contributed by atoms with Crippen LogP contribution in [0.2, 0.25) is 0 Å². The van der Waals surface area contributed by atoms with Gasteiger partial charge in [0.05, 0.1) is 12.6 Å². The van der Waals surface area contributed by atoms with E-state index in [1.807, 2.05) is 0 Å². The molecule has 0 aliphatic heterocycles. The lowest BCUT2D eigenvalue weighted by Gasteiger charge is -2.01. The molecule has 0 saturated carbocycles. The molecule has 2 rings (SSSR count). The van der Waals surface area contributed by atoms with Crippen LogP contribution in [0.3, 0.4) is 0 Å². The first-order chi connectivity index (χ1) is 9.63. The maximum absolute atomic E-state index is 11.6. The second-order valence-corrected chi connectivity index (χ2v) is 4.23. The molecule has 1 amide bonds. The number of nitrogens with one attached hydrogen (secondary N) is 1. The van der Waals surface area contributed by atoms with Crippen LogP contribution in [0, 0.1) is 0 Å². The highest BCUT2D eigenvalue weighted by molar-refractivity contribution is 5.83. The SMILES string of the molecule is O=C(Cc1cccc(O)c1)NN=Cc1ccc(O)cc1. The van der Waals surface area contributed by atoms with E-state index >= 15 is 0 Å². The molecule has 0 atom stereocenters. The molecule has 2 aromatic carbocycles. The molecule has 20 heavy (non-hydrogen) atoms. The van der Waals surface area contributed by atoms with Gasteiger partial charge in [-0.15, -0.1) is 0 Å². The molecule has 0 spiro atoms. The number of nitrogens with zero attached hydrogens (tertiary/aromatic N) is 1. The number of carbonyl (C=O) groups excluding carboxylic acids is 1. The molecule has 102 valence electrons. The fourth-order valence-corrected chi connectivity index (χ4v) is 1.63. The summed E-state index contributed by atoms with van der Waals surface area (Å²) < 4.78 is 0. The molecule has 0 heterocycles. The number of carbonyl (C=O) groups is 1. The molecule has 3 N–H and O–H groups in total. The number of hydrogen-bond acceptors (Lipinski definition) is 4. The Labute approximate surface area is 116 Å². The molecule has 0 saturated heterocycles. The smallest absolute Gasteiger partial charge is 0.244 e. The zero-order valence-corrected chi connectivity index (χ0v) is 10.7. The van der Waals surface area contributed by atoms with E-state index in [-0.39, 0.29) is 23.8 Å². The third-order valence-electron chi connectivity index (χ3n) is 2.57. The zero-order chi connectivity index (χ0) is 14.4. The van der Waals surface area contributed by atoms with E-state index in [0.29, 0.717) is 5.56 Å². The molecule has 0 aliphatic rings. The quantitative estimate of drug-likeness (QED) is 0.585. The normalized spacial score (nSPS) is 10.6. The number of aromatic hydroxyl groups is 2. The second-order valence-electron chi connectivity index (χ2n) is 4.23. The van der Waals surface area contributed by atoms with Crippen molar-refractivity contribution in [2.75, 3.05) is 0 Å². The van der Waals surface area contributed by atoms with Crippen molar-refractivity contribution in [3.8, 4) is 11.5 Å². The molecule has 0 unspecified atom stereocenters. The first kappa shape index (κ1) is 13.6. The van der Waals surface area contributed by atoms with Gasteiger partial charge in [-0.1, -0.05) is 12.1 Å².